The van der Waals surface area contributed by atoms with Gasteiger partial charge in [0.2, 0.25) is 0 Å². The monoisotopic (exact) mass is 196 g/mol. The van der Waals surface area contributed by atoms with Gasteiger partial charge < -0.3 is 8.97 Å². The number of hydrogen-bond donors (Lipinski definition) is 1. The first-order valence-electron chi connectivity index (χ1n) is 3.77. The Morgan fingerprint density at radius 3 is 2.92 bits per heavy atom. The molecule has 2 rings (SSSR count). The molecular formula is C9H8O3S. The molecule has 3 nitrogen and oxygen atoms in total. The highest BCUT2D eigenvalue weighted by atomic mass is 32.2. The van der Waals surface area contributed by atoms with E-state index in [1.165, 1.54) is 0 Å². The predicted molar refractivity (Wildman–Crippen MR) is 50.0 cm³/mol. The zero-order valence-electron chi connectivity index (χ0n) is 6.98. The summed E-state index contributed by atoms with van der Waals surface area (Å²) in [7, 11) is 0. The highest BCUT2D eigenvalue weighted by Gasteiger charge is 2.05. The van der Waals surface area contributed by atoms with Crippen LogP contribution in [0.5, 0.6) is 0 Å². The van der Waals surface area contributed by atoms with Crippen molar-refractivity contribution in [2.24, 2.45) is 0 Å². The van der Waals surface area contributed by atoms with E-state index in [1.54, 1.807) is 24.5 Å². The maximum atomic E-state index is 10.8. The van der Waals surface area contributed by atoms with Gasteiger partial charge in [-0.2, -0.15) is 0 Å². The van der Waals surface area contributed by atoms with Gasteiger partial charge in [0, 0.05) is 5.39 Å². The Hall–Kier alpha value is -1.13. The van der Waals surface area contributed by atoms with Gasteiger partial charge in [-0.3, -0.25) is 0 Å². The molecule has 13 heavy (non-hydrogen) atoms. The highest BCUT2D eigenvalue weighted by molar-refractivity contribution is 7.79. The van der Waals surface area contributed by atoms with Crippen molar-refractivity contribution in [1.29, 1.82) is 0 Å². The van der Waals surface area contributed by atoms with Crippen LogP contribution >= 0.6 is 0 Å². The third kappa shape index (κ3) is 1.38. The molecule has 0 saturated heterocycles. The van der Waals surface area contributed by atoms with E-state index in [-0.39, 0.29) is 0 Å². The van der Waals surface area contributed by atoms with Crippen LogP contribution in [0.4, 0.5) is 0 Å². The summed E-state index contributed by atoms with van der Waals surface area (Å²) in [6.45, 7) is 1.90. The Bertz CT molecular complexity index is 473. The van der Waals surface area contributed by atoms with Crippen LogP contribution in [0, 0.1) is 6.92 Å². The van der Waals surface area contributed by atoms with Crippen molar-refractivity contribution in [3.8, 4) is 0 Å². The molecule has 1 aromatic carbocycles. The Balaban J connectivity index is 2.72. The van der Waals surface area contributed by atoms with Crippen molar-refractivity contribution < 1.29 is 13.2 Å². The van der Waals surface area contributed by atoms with Crippen LogP contribution in [0.25, 0.3) is 11.0 Å². The van der Waals surface area contributed by atoms with Gasteiger partial charge in [-0.05, 0) is 30.7 Å². The third-order valence-electron chi connectivity index (χ3n) is 1.94. The molecule has 0 aliphatic heterocycles. The number of hydrogen-bond acceptors (Lipinski definition) is 2. The standard InChI is InChI=1S/C9H8O3S/c1-6-5-12-9-3-2-7(13(10)11)4-8(6)9/h2-5H,1H3,(H,10,11). The summed E-state index contributed by atoms with van der Waals surface area (Å²) in [5.41, 5.74) is 1.72. The van der Waals surface area contributed by atoms with Gasteiger partial charge in [0.1, 0.15) is 5.58 Å². The normalized spacial score (nSPS) is 13.4. The average molecular weight is 196 g/mol. The lowest BCUT2D eigenvalue weighted by Gasteiger charge is -1.94. The fourth-order valence-electron chi connectivity index (χ4n) is 1.24. The molecule has 68 valence electrons. The first-order valence-corrected chi connectivity index (χ1v) is 4.88. The van der Waals surface area contributed by atoms with Crippen molar-refractivity contribution in [1.82, 2.24) is 0 Å². The van der Waals surface area contributed by atoms with Gasteiger partial charge in [0.25, 0.3) is 0 Å². The second kappa shape index (κ2) is 2.97. The average Bonchev–Trinajstić information content (AvgIpc) is 2.47. The minimum absolute atomic E-state index is 0.400. The lowest BCUT2D eigenvalue weighted by Crippen LogP contribution is -1.86. The summed E-state index contributed by atoms with van der Waals surface area (Å²) in [6, 6.07) is 4.96. The Morgan fingerprint density at radius 2 is 2.23 bits per heavy atom. The molecule has 1 atom stereocenters. The molecule has 0 radical (unpaired) electrons. The van der Waals surface area contributed by atoms with Crippen LogP contribution in [0.15, 0.2) is 33.8 Å². The number of benzene rings is 1. The molecule has 1 aromatic heterocycles. The lowest BCUT2D eigenvalue weighted by molar-refractivity contribution is 0.564. The summed E-state index contributed by atoms with van der Waals surface area (Å²) in [6.07, 6.45) is 1.63. The summed E-state index contributed by atoms with van der Waals surface area (Å²) >= 11 is -1.92. The molecule has 0 saturated carbocycles. The van der Waals surface area contributed by atoms with Crippen LogP contribution in [-0.2, 0) is 11.1 Å². The predicted octanol–water partition coefficient (Wildman–Crippen LogP) is 2.32. The van der Waals surface area contributed by atoms with Crippen LogP contribution in [0.2, 0.25) is 0 Å². The fraction of sp³-hybridized carbons (Fsp3) is 0.111. The molecule has 1 N–H and O–H groups in total. The maximum Gasteiger partial charge on any atom is 0.186 e. The molecule has 0 amide bonds. The SMILES string of the molecule is Cc1coc2ccc(S(=O)O)cc12. The largest absolute Gasteiger partial charge is 0.464 e. The van der Waals surface area contributed by atoms with Crippen molar-refractivity contribution in [3.63, 3.8) is 0 Å². The van der Waals surface area contributed by atoms with E-state index in [9.17, 15) is 4.21 Å². The minimum atomic E-state index is -1.92. The van der Waals surface area contributed by atoms with Gasteiger partial charge >= 0.3 is 0 Å². The van der Waals surface area contributed by atoms with Crippen LogP contribution < -0.4 is 0 Å². The molecule has 4 heteroatoms. The van der Waals surface area contributed by atoms with Crippen molar-refractivity contribution in [2.45, 2.75) is 11.8 Å². The van der Waals surface area contributed by atoms with Gasteiger partial charge in [-0.25, -0.2) is 4.21 Å². The number of rotatable bonds is 1. The summed E-state index contributed by atoms with van der Waals surface area (Å²) in [5.74, 6) is 0. The fourth-order valence-corrected chi connectivity index (χ4v) is 1.65. The molecule has 0 aliphatic carbocycles. The van der Waals surface area contributed by atoms with E-state index in [2.05, 4.69) is 0 Å². The first kappa shape index (κ1) is 8.47. The van der Waals surface area contributed by atoms with Gasteiger partial charge in [0.05, 0.1) is 11.2 Å². The second-order valence-electron chi connectivity index (χ2n) is 2.83. The first-order chi connectivity index (χ1) is 6.18. The topological polar surface area (TPSA) is 50.4 Å². The van der Waals surface area contributed by atoms with E-state index in [1.807, 2.05) is 6.92 Å². The van der Waals surface area contributed by atoms with Crippen molar-refractivity contribution in [3.05, 3.63) is 30.0 Å². The Labute approximate surface area is 77.6 Å². The van der Waals surface area contributed by atoms with Crippen molar-refractivity contribution in [2.75, 3.05) is 0 Å². The van der Waals surface area contributed by atoms with Crippen LogP contribution in [0.1, 0.15) is 5.56 Å². The van der Waals surface area contributed by atoms with Gasteiger partial charge in [0.15, 0.2) is 11.1 Å². The number of aryl methyl sites for hydroxylation is 1. The molecule has 2 aromatic rings. The molecule has 1 heterocycles. The second-order valence-corrected chi connectivity index (χ2v) is 3.80. The Morgan fingerprint density at radius 1 is 1.46 bits per heavy atom. The van der Waals surface area contributed by atoms with Gasteiger partial charge in [-0.1, -0.05) is 0 Å². The molecule has 0 aliphatic rings. The zero-order chi connectivity index (χ0) is 9.42. The van der Waals surface area contributed by atoms with Crippen LogP contribution in [-0.4, -0.2) is 8.76 Å². The van der Waals surface area contributed by atoms with E-state index < -0.39 is 11.1 Å². The van der Waals surface area contributed by atoms with Gasteiger partial charge in [-0.15, -0.1) is 0 Å². The third-order valence-corrected chi connectivity index (χ3v) is 2.60. The molecule has 0 spiro atoms. The summed E-state index contributed by atoms with van der Waals surface area (Å²) < 4.78 is 24.8. The lowest BCUT2D eigenvalue weighted by atomic mass is 10.2. The van der Waals surface area contributed by atoms with E-state index in [4.69, 9.17) is 8.97 Å². The van der Waals surface area contributed by atoms with Crippen LogP contribution in [0.3, 0.4) is 0 Å². The Kier molecular flexibility index (Phi) is 1.94. The van der Waals surface area contributed by atoms with E-state index in [0.717, 1.165) is 16.5 Å². The zero-order valence-corrected chi connectivity index (χ0v) is 7.80. The quantitative estimate of drug-likeness (QED) is 0.712. The summed E-state index contributed by atoms with van der Waals surface area (Å²) in [4.78, 5) is 0.400. The van der Waals surface area contributed by atoms with E-state index in [0.29, 0.717) is 4.90 Å². The number of furan rings is 1. The maximum absolute atomic E-state index is 10.8. The molecular weight excluding hydrogens is 188 g/mol. The highest BCUT2D eigenvalue weighted by Crippen LogP contribution is 2.22. The number of fused-ring (bicyclic) bond motifs is 1. The molecule has 1 unspecified atom stereocenters. The molecule has 0 fully saturated rings. The molecule has 0 bridgehead atoms. The smallest absolute Gasteiger partial charge is 0.186 e. The van der Waals surface area contributed by atoms with Crippen molar-refractivity contribution >= 4 is 22.0 Å². The minimum Gasteiger partial charge on any atom is -0.464 e. The van der Waals surface area contributed by atoms with E-state index >= 15 is 0 Å². The summed E-state index contributed by atoms with van der Waals surface area (Å²) in [5, 5.41) is 0.889.